The Kier molecular flexibility index (Phi) is 7.82. The van der Waals surface area contributed by atoms with Gasteiger partial charge in [-0.3, -0.25) is 0 Å². The van der Waals surface area contributed by atoms with Gasteiger partial charge in [-0.25, -0.2) is 0 Å². The highest BCUT2D eigenvalue weighted by Gasteiger charge is 2.20. The molecule has 0 saturated carbocycles. The van der Waals surface area contributed by atoms with Crippen molar-refractivity contribution < 1.29 is 24.0 Å². The van der Waals surface area contributed by atoms with E-state index in [9.17, 15) is 5.11 Å². The lowest BCUT2D eigenvalue weighted by molar-refractivity contribution is -0.937. The summed E-state index contributed by atoms with van der Waals surface area (Å²) in [5.41, 5.74) is 1.25. The van der Waals surface area contributed by atoms with E-state index >= 15 is 0 Å². The Balaban J connectivity index is 1.53. The minimum absolute atomic E-state index is 0.159. The first kappa shape index (κ1) is 21.8. The molecular weight excluding hydrogens is 382 g/mol. The van der Waals surface area contributed by atoms with Gasteiger partial charge in [-0.05, 0) is 32.9 Å². The quantitative estimate of drug-likeness (QED) is 0.502. The van der Waals surface area contributed by atoms with Crippen LogP contribution < -0.4 is 14.4 Å². The Bertz CT molecular complexity index is 898. The van der Waals surface area contributed by atoms with E-state index in [1.54, 1.807) is 6.92 Å². The molecule has 0 aliphatic carbocycles. The molecule has 30 heavy (non-hydrogen) atoms. The molecule has 2 N–H and O–H groups in total. The Hall–Kier alpha value is -2.90. The van der Waals surface area contributed by atoms with Crippen molar-refractivity contribution in [3.05, 3.63) is 71.9 Å². The number of aliphatic hydroxyl groups excluding tert-OH is 1. The van der Waals surface area contributed by atoms with E-state index in [-0.39, 0.29) is 13.2 Å². The maximum atomic E-state index is 10.6. The van der Waals surface area contributed by atoms with Crippen molar-refractivity contribution in [1.82, 2.24) is 10.1 Å². The number of aryl methyl sites for hydroxylation is 1. The smallest absolute Gasteiger partial charge is 0.264 e. The number of hydrogen-bond acceptors (Lipinski definition) is 6. The van der Waals surface area contributed by atoms with Crippen LogP contribution in [0.3, 0.4) is 0 Å². The molecule has 0 aliphatic heterocycles. The molecule has 7 nitrogen and oxygen atoms in total. The van der Waals surface area contributed by atoms with Crippen LogP contribution in [0.2, 0.25) is 0 Å². The summed E-state index contributed by atoms with van der Waals surface area (Å²) in [6.07, 6.45) is -0.599. The predicted molar refractivity (Wildman–Crippen MR) is 112 cm³/mol. The number of hydrogen-bond donors (Lipinski definition) is 2. The summed E-state index contributed by atoms with van der Waals surface area (Å²) in [6.45, 7) is 7.88. The second-order valence-corrected chi connectivity index (χ2v) is 7.62. The zero-order chi connectivity index (χ0) is 21.3. The summed E-state index contributed by atoms with van der Waals surface area (Å²) < 4.78 is 16.7. The van der Waals surface area contributed by atoms with Gasteiger partial charge in [-0.15, -0.1) is 0 Å². The van der Waals surface area contributed by atoms with E-state index in [2.05, 4.69) is 36.1 Å². The van der Waals surface area contributed by atoms with Crippen LogP contribution in [0.1, 0.15) is 31.1 Å². The molecule has 1 heterocycles. The van der Waals surface area contributed by atoms with E-state index in [0.717, 1.165) is 6.54 Å². The highest BCUT2D eigenvalue weighted by Crippen LogP contribution is 2.27. The van der Waals surface area contributed by atoms with Crippen molar-refractivity contribution in [1.29, 1.82) is 0 Å². The third-order valence-electron chi connectivity index (χ3n) is 4.79. The standard InChI is InChI=1S/C23H29N3O4/c1-17(2)26(13-19-9-5-4-6-10-19)14-20(27)15-28-21-11-7-8-12-22(21)29-16-23-24-18(3)25-30-23/h4-12,17,20,27H,13-16H2,1-3H3/p+1/t20-/m1/s1. The predicted octanol–water partition coefficient (Wildman–Crippen LogP) is 2.19. The van der Waals surface area contributed by atoms with Crippen molar-refractivity contribution in [3.8, 4) is 11.5 Å². The first-order valence-electron chi connectivity index (χ1n) is 10.2. The van der Waals surface area contributed by atoms with Gasteiger partial charge in [0.25, 0.3) is 5.89 Å². The molecule has 1 unspecified atom stereocenters. The number of nitrogens with one attached hydrogen (secondary N) is 1. The first-order chi connectivity index (χ1) is 14.5. The number of quaternary nitrogens is 1. The van der Waals surface area contributed by atoms with Crippen LogP contribution in [-0.2, 0) is 13.2 Å². The highest BCUT2D eigenvalue weighted by molar-refractivity contribution is 5.39. The molecule has 0 bridgehead atoms. The molecule has 0 saturated heterocycles. The second-order valence-electron chi connectivity index (χ2n) is 7.62. The first-order valence-corrected chi connectivity index (χ1v) is 10.2. The minimum atomic E-state index is -0.599. The fraction of sp³-hybridized carbons (Fsp3) is 0.391. The summed E-state index contributed by atoms with van der Waals surface area (Å²) in [5, 5.41) is 14.3. The molecule has 0 radical (unpaired) electrons. The zero-order valence-electron chi connectivity index (χ0n) is 17.7. The number of rotatable bonds is 11. The fourth-order valence-electron chi connectivity index (χ4n) is 3.14. The van der Waals surface area contributed by atoms with Gasteiger partial charge in [-0.1, -0.05) is 47.6 Å². The van der Waals surface area contributed by atoms with Crippen LogP contribution in [0.15, 0.2) is 59.1 Å². The Morgan fingerprint density at radius 1 is 1.00 bits per heavy atom. The van der Waals surface area contributed by atoms with Crippen molar-refractivity contribution in [3.63, 3.8) is 0 Å². The van der Waals surface area contributed by atoms with Crippen LogP contribution in [0.25, 0.3) is 0 Å². The molecule has 160 valence electrons. The lowest BCUT2D eigenvalue weighted by Gasteiger charge is -2.26. The summed E-state index contributed by atoms with van der Waals surface area (Å²) >= 11 is 0. The number of para-hydroxylation sites is 2. The van der Waals surface area contributed by atoms with Gasteiger partial charge in [0.2, 0.25) is 0 Å². The van der Waals surface area contributed by atoms with E-state index in [4.69, 9.17) is 14.0 Å². The molecule has 0 spiro atoms. The number of benzene rings is 2. The van der Waals surface area contributed by atoms with Gasteiger partial charge in [0.15, 0.2) is 23.9 Å². The maximum Gasteiger partial charge on any atom is 0.264 e. The molecule has 0 amide bonds. The van der Waals surface area contributed by atoms with Crippen molar-refractivity contribution in [2.45, 2.75) is 46.1 Å². The molecule has 7 heteroatoms. The number of aromatic nitrogens is 2. The summed E-state index contributed by atoms with van der Waals surface area (Å²) in [4.78, 5) is 5.43. The Morgan fingerprint density at radius 2 is 1.67 bits per heavy atom. The molecule has 2 aromatic carbocycles. The normalized spacial score (nSPS) is 13.2. The topological polar surface area (TPSA) is 82.1 Å². The summed E-state index contributed by atoms with van der Waals surface area (Å²) in [7, 11) is 0. The molecular formula is C23H30N3O4+. The largest absolute Gasteiger partial charge is 0.487 e. The van der Waals surface area contributed by atoms with Crippen LogP contribution >= 0.6 is 0 Å². The molecule has 0 aliphatic rings. The molecule has 3 rings (SSSR count). The van der Waals surface area contributed by atoms with Gasteiger partial charge in [0, 0.05) is 5.56 Å². The van der Waals surface area contributed by atoms with Crippen molar-refractivity contribution in [2.24, 2.45) is 0 Å². The van der Waals surface area contributed by atoms with Gasteiger partial charge < -0.3 is 24.0 Å². The zero-order valence-corrected chi connectivity index (χ0v) is 17.7. The van der Waals surface area contributed by atoms with Gasteiger partial charge >= 0.3 is 0 Å². The average Bonchev–Trinajstić information content (AvgIpc) is 3.16. The number of nitrogens with zero attached hydrogens (tertiary/aromatic N) is 2. The monoisotopic (exact) mass is 412 g/mol. The maximum absolute atomic E-state index is 10.6. The van der Waals surface area contributed by atoms with Crippen LogP contribution in [0, 0.1) is 6.92 Å². The van der Waals surface area contributed by atoms with Crippen molar-refractivity contribution >= 4 is 0 Å². The average molecular weight is 413 g/mol. The van der Waals surface area contributed by atoms with E-state index in [1.807, 2.05) is 42.5 Å². The third-order valence-corrected chi connectivity index (χ3v) is 4.79. The van der Waals surface area contributed by atoms with Crippen LogP contribution in [0.4, 0.5) is 0 Å². The SMILES string of the molecule is Cc1noc(COc2ccccc2OC[C@H](O)C[NH+](Cc2ccccc2)C(C)C)n1. The minimum Gasteiger partial charge on any atom is -0.487 e. The highest BCUT2D eigenvalue weighted by atomic mass is 16.5. The summed E-state index contributed by atoms with van der Waals surface area (Å²) in [5.74, 6) is 2.10. The number of ether oxygens (including phenoxy) is 2. The van der Waals surface area contributed by atoms with Gasteiger partial charge in [0.1, 0.15) is 25.8 Å². The molecule has 1 aromatic heterocycles. The molecule has 0 fully saturated rings. The Morgan fingerprint density at radius 3 is 2.30 bits per heavy atom. The van der Waals surface area contributed by atoms with Crippen molar-refractivity contribution in [2.75, 3.05) is 13.2 Å². The van der Waals surface area contributed by atoms with E-state index < -0.39 is 6.10 Å². The van der Waals surface area contributed by atoms with Gasteiger partial charge in [-0.2, -0.15) is 4.98 Å². The molecule has 3 aromatic rings. The Labute approximate surface area is 177 Å². The van der Waals surface area contributed by atoms with Crippen LogP contribution in [-0.4, -0.2) is 40.5 Å². The number of aliphatic hydroxyl groups is 1. The summed E-state index contributed by atoms with van der Waals surface area (Å²) in [6, 6.07) is 18.1. The molecule has 2 atom stereocenters. The fourth-order valence-corrected chi connectivity index (χ4v) is 3.14. The lowest BCUT2D eigenvalue weighted by atomic mass is 10.1. The van der Waals surface area contributed by atoms with Crippen LogP contribution in [0.5, 0.6) is 11.5 Å². The van der Waals surface area contributed by atoms with E-state index in [1.165, 1.54) is 10.5 Å². The third kappa shape index (κ3) is 6.57. The van der Waals surface area contributed by atoms with E-state index in [0.29, 0.717) is 35.8 Å². The second kappa shape index (κ2) is 10.8. The lowest BCUT2D eigenvalue weighted by Crippen LogP contribution is -3.14. The van der Waals surface area contributed by atoms with Gasteiger partial charge in [0.05, 0.1) is 6.04 Å².